The third kappa shape index (κ3) is 1.56. The molecule has 0 saturated heterocycles. The molecule has 0 aliphatic heterocycles. The third-order valence-electron chi connectivity index (χ3n) is 0.485. The van der Waals surface area contributed by atoms with Crippen molar-refractivity contribution in [1.29, 1.82) is 5.26 Å². The minimum Gasteiger partial charge on any atom is -0.248 e. The van der Waals surface area contributed by atoms with E-state index in [9.17, 15) is 0 Å². The molecular formula is C3H7N3. The van der Waals surface area contributed by atoms with Gasteiger partial charge in [-0.2, -0.15) is 5.26 Å². The van der Waals surface area contributed by atoms with Crippen LogP contribution < -0.4 is 5.43 Å². The molecular weight excluding hydrogens is 78.1 g/mol. The molecule has 0 atom stereocenters. The fraction of sp³-hybridized carbons (Fsp3) is 0.667. The van der Waals surface area contributed by atoms with Crippen LogP contribution in [0.5, 0.6) is 0 Å². The second kappa shape index (κ2) is 2.49. The maximum Gasteiger partial charge on any atom is 0.194 e. The molecule has 0 radical (unpaired) electrons. The molecule has 1 N–H and O–H groups in total. The smallest absolute Gasteiger partial charge is 0.194 e. The summed E-state index contributed by atoms with van der Waals surface area (Å²) in [6.07, 6.45) is 1.84. The summed E-state index contributed by atoms with van der Waals surface area (Å²) >= 11 is 0. The van der Waals surface area contributed by atoms with Crippen molar-refractivity contribution in [2.24, 2.45) is 0 Å². The normalized spacial score (nSPS) is 6.83. The molecule has 0 aromatic rings. The molecule has 0 saturated carbocycles. The summed E-state index contributed by atoms with van der Waals surface area (Å²) in [5, 5.41) is 9.25. The molecule has 34 valence electrons. The number of nitrogens with one attached hydrogen (secondary N) is 1. The van der Waals surface area contributed by atoms with Gasteiger partial charge in [0.05, 0.1) is 0 Å². The van der Waals surface area contributed by atoms with Gasteiger partial charge in [0.25, 0.3) is 0 Å². The van der Waals surface area contributed by atoms with Gasteiger partial charge < -0.3 is 0 Å². The van der Waals surface area contributed by atoms with E-state index in [0.717, 1.165) is 0 Å². The number of nitriles is 1. The standard InChI is InChI=1S/C3H7N3/c1-5-6(2)3-4/h5H,1-2H3. The second-order valence-corrected chi connectivity index (χ2v) is 0.883. The number of nitrogens with zero attached hydrogens (tertiary/aromatic N) is 2. The molecule has 6 heavy (non-hydrogen) atoms. The zero-order valence-electron chi connectivity index (χ0n) is 3.89. The first-order chi connectivity index (χ1) is 2.81. The quantitative estimate of drug-likeness (QED) is 0.266. The van der Waals surface area contributed by atoms with Crippen molar-refractivity contribution in [2.75, 3.05) is 14.1 Å². The summed E-state index contributed by atoms with van der Waals surface area (Å²) in [6.45, 7) is 0. The third-order valence-corrected chi connectivity index (χ3v) is 0.485. The van der Waals surface area contributed by atoms with Gasteiger partial charge in [0.2, 0.25) is 0 Å². The van der Waals surface area contributed by atoms with E-state index in [-0.39, 0.29) is 0 Å². The summed E-state index contributed by atoms with van der Waals surface area (Å²) < 4.78 is 0. The van der Waals surface area contributed by atoms with E-state index in [0.29, 0.717) is 0 Å². The van der Waals surface area contributed by atoms with Gasteiger partial charge in [0.1, 0.15) is 0 Å². The molecule has 0 amide bonds. The van der Waals surface area contributed by atoms with Crippen LogP contribution in [-0.4, -0.2) is 19.1 Å². The first-order valence-corrected chi connectivity index (χ1v) is 1.62. The van der Waals surface area contributed by atoms with Crippen molar-refractivity contribution in [2.45, 2.75) is 0 Å². The van der Waals surface area contributed by atoms with Gasteiger partial charge in [-0.25, -0.2) is 10.4 Å². The molecule has 0 spiro atoms. The number of hydrogen-bond acceptors (Lipinski definition) is 3. The maximum absolute atomic E-state index is 7.95. The van der Waals surface area contributed by atoms with Gasteiger partial charge in [-0.05, 0) is 0 Å². The average Bonchev–Trinajstić information content (AvgIpc) is 1.65. The van der Waals surface area contributed by atoms with Gasteiger partial charge in [-0.15, -0.1) is 0 Å². The fourth-order valence-electron chi connectivity index (χ4n) is 0.0500. The van der Waals surface area contributed by atoms with Gasteiger partial charge in [0, 0.05) is 14.1 Å². The second-order valence-electron chi connectivity index (χ2n) is 0.883. The summed E-state index contributed by atoms with van der Waals surface area (Å²) in [4.78, 5) is 0. The van der Waals surface area contributed by atoms with Crippen LogP contribution in [0.3, 0.4) is 0 Å². The SMILES string of the molecule is CNN(C)C#N. The van der Waals surface area contributed by atoms with Crippen molar-refractivity contribution in [3.63, 3.8) is 0 Å². The minimum absolute atomic E-state index is 1.31. The van der Waals surface area contributed by atoms with Crippen LogP contribution in [0.1, 0.15) is 0 Å². The van der Waals surface area contributed by atoms with Crippen molar-refractivity contribution >= 4 is 0 Å². The molecule has 0 rings (SSSR count). The van der Waals surface area contributed by atoms with Crippen molar-refractivity contribution < 1.29 is 0 Å². The summed E-state index contributed by atoms with van der Waals surface area (Å²) in [5.41, 5.74) is 2.59. The van der Waals surface area contributed by atoms with Crippen LogP contribution >= 0.6 is 0 Å². The Morgan fingerprint density at radius 3 is 2.33 bits per heavy atom. The first-order valence-electron chi connectivity index (χ1n) is 1.62. The highest BCUT2D eigenvalue weighted by Gasteiger charge is 1.76. The number of hydrogen-bond donors (Lipinski definition) is 1. The van der Waals surface area contributed by atoms with Crippen LogP contribution in [0, 0.1) is 11.5 Å². The van der Waals surface area contributed by atoms with Crippen molar-refractivity contribution in [3.8, 4) is 6.19 Å². The van der Waals surface area contributed by atoms with E-state index in [4.69, 9.17) is 5.26 Å². The number of hydrazine groups is 1. The molecule has 3 heteroatoms. The Hall–Kier alpha value is -0.750. The zero-order chi connectivity index (χ0) is 4.99. The van der Waals surface area contributed by atoms with E-state index < -0.39 is 0 Å². The Morgan fingerprint density at radius 2 is 2.33 bits per heavy atom. The molecule has 0 bridgehead atoms. The molecule has 0 heterocycles. The molecule has 0 fully saturated rings. The highest BCUT2D eigenvalue weighted by atomic mass is 15.5. The summed E-state index contributed by atoms with van der Waals surface area (Å²) in [7, 11) is 3.32. The minimum atomic E-state index is 1.31. The molecule has 3 nitrogen and oxygen atoms in total. The summed E-state index contributed by atoms with van der Waals surface area (Å²) in [5.74, 6) is 0. The van der Waals surface area contributed by atoms with Crippen LogP contribution in [0.15, 0.2) is 0 Å². The molecule has 0 aromatic heterocycles. The van der Waals surface area contributed by atoms with Gasteiger partial charge in [-0.3, -0.25) is 0 Å². The molecule has 0 unspecified atom stereocenters. The van der Waals surface area contributed by atoms with Gasteiger partial charge in [-0.1, -0.05) is 0 Å². The summed E-state index contributed by atoms with van der Waals surface area (Å²) in [6, 6.07) is 0. The van der Waals surface area contributed by atoms with Crippen LogP contribution in [0.25, 0.3) is 0 Å². The van der Waals surface area contributed by atoms with E-state index >= 15 is 0 Å². The van der Waals surface area contributed by atoms with E-state index in [1.54, 1.807) is 14.1 Å². The molecule has 0 aliphatic rings. The lowest BCUT2D eigenvalue weighted by Gasteiger charge is -2.01. The highest BCUT2D eigenvalue weighted by Crippen LogP contribution is 1.57. The Balaban J connectivity index is 3.04. The Kier molecular flexibility index (Phi) is 2.17. The van der Waals surface area contributed by atoms with Crippen LogP contribution in [0.4, 0.5) is 0 Å². The topological polar surface area (TPSA) is 39.1 Å². The first kappa shape index (κ1) is 5.25. The maximum atomic E-state index is 7.95. The van der Waals surface area contributed by atoms with Crippen LogP contribution in [-0.2, 0) is 0 Å². The molecule has 0 aliphatic carbocycles. The van der Waals surface area contributed by atoms with E-state index in [2.05, 4.69) is 5.43 Å². The Labute approximate surface area is 37.1 Å². The Morgan fingerprint density at radius 1 is 1.83 bits per heavy atom. The van der Waals surface area contributed by atoms with Crippen molar-refractivity contribution in [1.82, 2.24) is 10.4 Å². The largest absolute Gasteiger partial charge is 0.248 e. The van der Waals surface area contributed by atoms with E-state index in [1.165, 1.54) is 5.01 Å². The monoisotopic (exact) mass is 85.1 g/mol. The lowest BCUT2D eigenvalue weighted by atomic mass is 11.1. The van der Waals surface area contributed by atoms with Crippen LogP contribution in [0.2, 0.25) is 0 Å². The van der Waals surface area contributed by atoms with Crippen molar-refractivity contribution in [3.05, 3.63) is 0 Å². The van der Waals surface area contributed by atoms with E-state index in [1.807, 2.05) is 6.19 Å². The highest BCUT2D eigenvalue weighted by molar-refractivity contribution is 4.60. The van der Waals surface area contributed by atoms with Gasteiger partial charge in [0.15, 0.2) is 6.19 Å². The molecule has 0 aromatic carbocycles. The zero-order valence-corrected chi connectivity index (χ0v) is 3.89. The lowest BCUT2D eigenvalue weighted by molar-refractivity contribution is 0.382. The average molecular weight is 85.1 g/mol. The number of rotatable bonds is 1. The lowest BCUT2D eigenvalue weighted by Crippen LogP contribution is -2.24. The van der Waals surface area contributed by atoms with Gasteiger partial charge >= 0.3 is 0 Å². The fourth-order valence-corrected chi connectivity index (χ4v) is 0.0500. The predicted molar refractivity (Wildman–Crippen MR) is 22.4 cm³/mol. The Bertz CT molecular complexity index is 62.9. The predicted octanol–water partition coefficient (Wildman–Crippen LogP) is -0.466.